The molecular weight excluding hydrogens is 455 g/mol. The molecule has 2 aliphatic rings. The fourth-order valence-electron chi connectivity index (χ4n) is 3.37. The molecule has 1 saturated heterocycles. The van der Waals surface area contributed by atoms with Gasteiger partial charge in [0.15, 0.2) is 5.96 Å². The molecule has 1 aliphatic carbocycles. The minimum Gasteiger partial charge on any atom is -0.444 e. The van der Waals surface area contributed by atoms with Crippen molar-refractivity contribution in [2.45, 2.75) is 72.4 Å². The molecule has 1 saturated carbocycles. The highest BCUT2D eigenvalue weighted by molar-refractivity contribution is 14.0. The molecule has 7 heteroatoms. The van der Waals surface area contributed by atoms with Gasteiger partial charge in [0.25, 0.3) is 0 Å². The molecule has 1 N–H and O–H groups in total. The summed E-state index contributed by atoms with van der Waals surface area (Å²) in [7, 11) is 0. The van der Waals surface area contributed by atoms with Crippen molar-refractivity contribution in [3.05, 3.63) is 0 Å². The van der Waals surface area contributed by atoms with Gasteiger partial charge in [-0.1, -0.05) is 6.92 Å². The summed E-state index contributed by atoms with van der Waals surface area (Å²) in [6.45, 7) is 16.4. The van der Waals surface area contributed by atoms with E-state index >= 15 is 0 Å². The lowest BCUT2D eigenvalue weighted by atomic mass is 9.96. The van der Waals surface area contributed by atoms with Crippen molar-refractivity contribution in [2.24, 2.45) is 16.8 Å². The van der Waals surface area contributed by atoms with Crippen LogP contribution in [0.1, 0.15) is 60.8 Å². The van der Waals surface area contributed by atoms with Crippen molar-refractivity contribution < 1.29 is 9.53 Å². The number of carbonyl (C=O) groups is 1. The molecule has 27 heavy (non-hydrogen) atoms. The maximum absolute atomic E-state index is 12.3. The summed E-state index contributed by atoms with van der Waals surface area (Å²) < 4.78 is 5.53. The third kappa shape index (κ3) is 8.03. The van der Waals surface area contributed by atoms with E-state index in [0.29, 0.717) is 18.5 Å². The van der Waals surface area contributed by atoms with E-state index in [4.69, 9.17) is 4.74 Å². The number of piperidine rings is 1. The Labute approximate surface area is 182 Å². The molecule has 0 aromatic rings. The lowest BCUT2D eigenvalue weighted by molar-refractivity contribution is 0.0214. The smallest absolute Gasteiger partial charge is 0.410 e. The summed E-state index contributed by atoms with van der Waals surface area (Å²) in [6.07, 6.45) is 3.23. The second-order valence-corrected chi connectivity index (χ2v) is 8.71. The number of halogens is 1. The average Bonchev–Trinajstić information content (AvgIpc) is 3.26. The van der Waals surface area contributed by atoms with Gasteiger partial charge in [-0.15, -0.1) is 24.0 Å². The van der Waals surface area contributed by atoms with Gasteiger partial charge in [0.05, 0.1) is 0 Å². The molecular formula is C20H39IN4O2. The van der Waals surface area contributed by atoms with Gasteiger partial charge in [-0.25, -0.2) is 4.79 Å². The van der Waals surface area contributed by atoms with Gasteiger partial charge in [0.1, 0.15) is 5.60 Å². The van der Waals surface area contributed by atoms with Crippen LogP contribution in [0.4, 0.5) is 4.79 Å². The monoisotopic (exact) mass is 494 g/mol. The Kier molecular flexibility index (Phi) is 9.65. The summed E-state index contributed by atoms with van der Waals surface area (Å²) in [6, 6.07) is 0.598. The number of carbonyl (C=O) groups excluding carboxylic acids is 1. The Morgan fingerprint density at radius 2 is 1.85 bits per heavy atom. The van der Waals surface area contributed by atoms with Crippen LogP contribution >= 0.6 is 24.0 Å². The molecule has 1 aliphatic heterocycles. The molecule has 2 unspecified atom stereocenters. The van der Waals surface area contributed by atoms with Crippen molar-refractivity contribution in [3.8, 4) is 0 Å². The Balaban J connectivity index is 0.00000364. The Morgan fingerprint density at radius 3 is 2.30 bits per heavy atom. The van der Waals surface area contributed by atoms with Crippen molar-refractivity contribution >= 4 is 36.0 Å². The first-order valence-corrected chi connectivity index (χ1v) is 10.3. The van der Waals surface area contributed by atoms with E-state index in [0.717, 1.165) is 50.9 Å². The van der Waals surface area contributed by atoms with E-state index in [1.54, 1.807) is 0 Å². The van der Waals surface area contributed by atoms with Crippen molar-refractivity contribution in [3.63, 3.8) is 0 Å². The number of ether oxygens (including phenoxy) is 1. The number of hydrogen-bond donors (Lipinski definition) is 1. The van der Waals surface area contributed by atoms with Gasteiger partial charge in [-0.2, -0.15) is 0 Å². The molecule has 1 amide bonds. The molecule has 2 atom stereocenters. The minimum atomic E-state index is -0.439. The van der Waals surface area contributed by atoms with Crippen LogP contribution in [0, 0.1) is 11.8 Å². The lowest BCUT2D eigenvalue weighted by Gasteiger charge is -2.36. The summed E-state index contributed by atoms with van der Waals surface area (Å²) in [5.74, 6) is 2.36. The molecule has 0 aromatic heterocycles. The van der Waals surface area contributed by atoms with E-state index in [-0.39, 0.29) is 30.1 Å². The first kappa shape index (κ1) is 24.3. The summed E-state index contributed by atoms with van der Waals surface area (Å²) >= 11 is 0. The summed E-state index contributed by atoms with van der Waals surface area (Å²) in [5, 5.41) is 3.61. The van der Waals surface area contributed by atoms with Gasteiger partial charge in [-0.3, -0.25) is 4.99 Å². The van der Waals surface area contributed by atoms with E-state index in [1.165, 1.54) is 6.42 Å². The molecule has 0 radical (unpaired) electrons. The fraction of sp³-hybridized carbons (Fsp3) is 0.900. The molecule has 0 spiro atoms. The number of guanidine groups is 1. The van der Waals surface area contributed by atoms with E-state index in [9.17, 15) is 4.79 Å². The van der Waals surface area contributed by atoms with Gasteiger partial charge in [-0.05, 0) is 65.7 Å². The molecule has 1 heterocycles. The SMILES string of the molecule is CCN=C(NC1CC1C)N1CCC(CN(CC)C(=O)OC(C)(C)C)CC1.I. The third-order valence-electron chi connectivity index (χ3n) is 5.16. The topological polar surface area (TPSA) is 57.2 Å². The highest BCUT2D eigenvalue weighted by Gasteiger charge is 2.35. The highest BCUT2D eigenvalue weighted by atomic mass is 127. The van der Waals surface area contributed by atoms with E-state index < -0.39 is 5.60 Å². The predicted octanol–water partition coefficient (Wildman–Crippen LogP) is 3.95. The van der Waals surface area contributed by atoms with Crippen LogP contribution in [0.15, 0.2) is 4.99 Å². The maximum Gasteiger partial charge on any atom is 0.410 e. The Bertz CT molecular complexity index is 499. The number of likely N-dealkylation sites (tertiary alicyclic amines) is 1. The van der Waals surface area contributed by atoms with E-state index in [2.05, 4.69) is 29.1 Å². The van der Waals surface area contributed by atoms with Crippen LogP contribution in [-0.4, -0.2) is 66.2 Å². The molecule has 0 aromatic carbocycles. The Hall–Kier alpha value is -0.730. The summed E-state index contributed by atoms with van der Waals surface area (Å²) in [5.41, 5.74) is -0.439. The quantitative estimate of drug-likeness (QED) is 0.357. The van der Waals surface area contributed by atoms with Crippen LogP contribution in [0.5, 0.6) is 0 Å². The predicted molar refractivity (Wildman–Crippen MR) is 122 cm³/mol. The van der Waals surface area contributed by atoms with Gasteiger partial charge < -0.3 is 19.9 Å². The third-order valence-corrected chi connectivity index (χ3v) is 5.16. The standard InChI is InChI=1S/C20H38N4O2.HI/c1-7-21-18(22-17-13-15(17)3)24-11-9-16(10-12-24)14-23(8-2)19(25)26-20(4,5)6;/h15-17H,7-14H2,1-6H3,(H,21,22);1H. The van der Waals surface area contributed by atoms with Gasteiger partial charge in [0, 0.05) is 38.8 Å². The number of hydrogen-bond acceptors (Lipinski definition) is 3. The molecule has 2 fully saturated rings. The lowest BCUT2D eigenvalue weighted by Crippen LogP contribution is -2.48. The minimum absolute atomic E-state index is 0. The molecule has 158 valence electrons. The van der Waals surface area contributed by atoms with Crippen LogP contribution in [0.2, 0.25) is 0 Å². The Morgan fingerprint density at radius 1 is 1.26 bits per heavy atom. The normalized spacial score (nSPS) is 23.5. The zero-order valence-corrected chi connectivity index (χ0v) is 20.3. The second kappa shape index (κ2) is 10.7. The summed E-state index contributed by atoms with van der Waals surface area (Å²) in [4.78, 5) is 21.3. The number of amides is 1. The number of nitrogens with zero attached hydrogens (tertiary/aromatic N) is 3. The number of aliphatic imine (C=N–C) groups is 1. The molecule has 2 rings (SSSR count). The van der Waals surface area contributed by atoms with Crippen molar-refractivity contribution in [1.29, 1.82) is 0 Å². The van der Waals surface area contributed by atoms with Gasteiger partial charge >= 0.3 is 6.09 Å². The van der Waals surface area contributed by atoms with Crippen LogP contribution in [0.25, 0.3) is 0 Å². The largest absolute Gasteiger partial charge is 0.444 e. The van der Waals surface area contributed by atoms with Crippen LogP contribution in [0.3, 0.4) is 0 Å². The molecule has 6 nitrogen and oxygen atoms in total. The zero-order valence-electron chi connectivity index (χ0n) is 18.0. The maximum atomic E-state index is 12.3. The zero-order chi connectivity index (χ0) is 19.3. The fourth-order valence-corrected chi connectivity index (χ4v) is 3.37. The van der Waals surface area contributed by atoms with Crippen LogP contribution in [-0.2, 0) is 4.74 Å². The highest BCUT2D eigenvalue weighted by Crippen LogP contribution is 2.29. The first-order valence-electron chi connectivity index (χ1n) is 10.3. The van der Waals surface area contributed by atoms with Crippen molar-refractivity contribution in [1.82, 2.24) is 15.1 Å². The number of nitrogens with one attached hydrogen (secondary N) is 1. The van der Waals surface area contributed by atoms with E-state index in [1.807, 2.05) is 32.6 Å². The average molecular weight is 494 g/mol. The first-order chi connectivity index (χ1) is 12.2. The van der Waals surface area contributed by atoms with Gasteiger partial charge in [0.2, 0.25) is 0 Å². The van der Waals surface area contributed by atoms with Crippen molar-refractivity contribution in [2.75, 3.05) is 32.7 Å². The number of rotatable bonds is 5. The van der Waals surface area contributed by atoms with Crippen LogP contribution < -0.4 is 5.32 Å². The molecule has 0 bridgehead atoms. The second-order valence-electron chi connectivity index (χ2n) is 8.71.